The quantitative estimate of drug-likeness (QED) is 0.823. The maximum absolute atomic E-state index is 5.44. The van der Waals surface area contributed by atoms with Crippen LogP contribution in [0.3, 0.4) is 0 Å². The Bertz CT molecular complexity index is 405. The molecular weight excluding hydrogens is 250 g/mol. The lowest BCUT2D eigenvalue weighted by Crippen LogP contribution is -2.56. The van der Waals surface area contributed by atoms with Crippen molar-refractivity contribution in [2.24, 2.45) is 0 Å². The normalized spacial score (nSPS) is 25.9. The van der Waals surface area contributed by atoms with Crippen LogP contribution in [0.1, 0.15) is 0 Å². The molecule has 0 aromatic heterocycles. The highest BCUT2D eigenvalue weighted by Crippen LogP contribution is 2.18. The maximum Gasteiger partial charge on any atom is 0.0594 e. The Hall–Kier alpha value is -1.10. The van der Waals surface area contributed by atoms with Gasteiger partial charge in [0.05, 0.1) is 13.2 Å². The van der Waals surface area contributed by atoms with Gasteiger partial charge in [-0.25, -0.2) is 0 Å². The second-order valence-electron chi connectivity index (χ2n) is 5.83. The van der Waals surface area contributed by atoms with Crippen LogP contribution in [0.5, 0.6) is 0 Å². The lowest BCUT2D eigenvalue weighted by atomic mass is 10.1. The van der Waals surface area contributed by atoms with Crippen molar-refractivity contribution < 1.29 is 4.74 Å². The highest BCUT2D eigenvalue weighted by molar-refractivity contribution is 5.46. The minimum Gasteiger partial charge on any atom is -0.379 e. The largest absolute Gasteiger partial charge is 0.379 e. The van der Waals surface area contributed by atoms with Crippen LogP contribution in [0.2, 0.25) is 0 Å². The van der Waals surface area contributed by atoms with E-state index in [1.54, 1.807) is 0 Å². The number of rotatable bonds is 3. The van der Waals surface area contributed by atoms with Gasteiger partial charge in [-0.2, -0.15) is 0 Å². The summed E-state index contributed by atoms with van der Waals surface area (Å²) in [6.07, 6.45) is 0. The number of piperazine rings is 1. The molecule has 1 aromatic carbocycles. The lowest BCUT2D eigenvalue weighted by molar-refractivity contribution is 0.0240. The van der Waals surface area contributed by atoms with Gasteiger partial charge in [-0.15, -0.1) is 0 Å². The van der Waals surface area contributed by atoms with Crippen LogP contribution in [0.4, 0.5) is 5.69 Å². The zero-order valence-electron chi connectivity index (χ0n) is 12.4. The van der Waals surface area contributed by atoms with Crippen LogP contribution in [-0.2, 0) is 4.74 Å². The molecule has 2 aliphatic heterocycles. The number of hydrogen-bond acceptors (Lipinski definition) is 4. The summed E-state index contributed by atoms with van der Waals surface area (Å²) < 4.78 is 5.44. The van der Waals surface area contributed by atoms with Crippen molar-refractivity contribution >= 4 is 5.69 Å². The highest BCUT2D eigenvalue weighted by atomic mass is 16.5. The second kappa shape index (κ2) is 6.57. The van der Waals surface area contributed by atoms with Gasteiger partial charge in [0.25, 0.3) is 0 Å². The Morgan fingerprint density at radius 3 is 2.55 bits per heavy atom. The van der Waals surface area contributed by atoms with E-state index in [1.165, 1.54) is 5.69 Å². The van der Waals surface area contributed by atoms with Gasteiger partial charge in [0.2, 0.25) is 0 Å². The molecule has 2 fully saturated rings. The number of benzene rings is 1. The van der Waals surface area contributed by atoms with E-state index in [9.17, 15) is 0 Å². The first kappa shape index (κ1) is 13.9. The van der Waals surface area contributed by atoms with Crippen molar-refractivity contribution in [1.82, 2.24) is 9.80 Å². The molecule has 2 saturated heterocycles. The zero-order chi connectivity index (χ0) is 13.8. The molecule has 0 amide bonds. The van der Waals surface area contributed by atoms with Gasteiger partial charge in [0, 0.05) is 51.0 Å². The summed E-state index contributed by atoms with van der Waals surface area (Å²) in [7, 11) is 2.26. The van der Waals surface area contributed by atoms with E-state index in [0.29, 0.717) is 6.04 Å². The molecular formula is C16H25N3O. The first-order chi connectivity index (χ1) is 9.83. The molecule has 0 N–H and O–H groups in total. The molecule has 2 aliphatic rings. The van der Waals surface area contributed by atoms with Gasteiger partial charge in [0.15, 0.2) is 0 Å². The Kier molecular flexibility index (Phi) is 4.55. The average Bonchev–Trinajstić information content (AvgIpc) is 2.51. The van der Waals surface area contributed by atoms with Crippen LogP contribution >= 0.6 is 0 Å². The highest BCUT2D eigenvalue weighted by Gasteiger charge is 2.26. The summed E-state index contributed by atoms with van der Waals surface area (Å²) in [5.74, 6) is 0. The topological polar surface area (TPSA) is 19.0 Å². The van der Waals surface area contributed by atoms with E-state index < -0.39 is 0 Å². The smallest absolute Gasteiger partial charge is 0.0594 e. The fourth-order valence-electron chi connectivity index (χ4n) is 3.10. The standard InChI is InChI=1S/C16H25N3O/c1-17-7-8-19(15-5-3-2-4-6-15)14-16(17)13-18-9-11-20-12-10-18/h2-6,16H,7-14H2,1H3. The van der Waals surface area contributed by atoms with Gasteiger partial charge in [-0.1, -0.05) is 18.2 Å². The average molecular weight is 275 g/mol. The van der Waals surface area contributed by atoms with Crippen molar-refractivity contribution in [3.05, 3.63) is 30.3 Å². The maximum atomic E-state index is 5.44. The van der Waals surface area contributed by atoms with Gasteiger partial charge < -0.3 is 9.64 Å². The number of morpholine rings is 1. The number of anilines is 1. The summed E-state index contributed by atoms with van der Waals surface area (Å²) in [5.41, 5.74) is 1.35. The van der Waals surface area contributed by atoms with Crippen molar-refractivity contribution in [3.8, 4) is 0 Å². The molecule has 4 heteroatoms. The molecule has 0 bridgehead atoms. The molecule has 0 radical (unpaired) electrons. The van der Waals surface area contributed by atoms with Crippen molar-refractivity contribution in [2.45, 2.75) is 6.04 Å². The third-order valence-electron chi connectivity index (χ3n) is 4.47. The molecule has 0 aliphatic carbocycles. The molecule has 20 heavy (non-hydrogen) atoms. The predicted molar refractivity (Wildman–Crippen MR) is 82.3 cm³/mol. The molecule has 110 valence electrons. The summed E-state index contributed by atoms with van der Waals surface area (Å²) in [6.45, 7) is 8.48. The first-order valence-corrected chi connectivity index (χ1v) is 7.63. The molecule has 1 unspecified atom stereocenters. The van der Waals surface area contributed by atoms with Crippen LogP contribution in [0, 0.1) is 0 Å². The van der Waals surface area contributed by atoms with Crippen molar-refractivity contribution in [2.75, 3.05) is 64.4 Å². The van der Waals surface area contributed by atoms with E-state index in [-0.39, 0.29) is 0 Å². The van der Waals surface area contributed by atoms with E-state index in [1.807, 2.05) is 0 Å². The third kappa shape index (κ3) is 3.32. The number of ether oxygens (including phenoxy) is 1. The molecule has 4 nitrogen and oxygen atoms in total. The fraction of sp³-hybridized carbons (Fsp3) is 0.625. The van der Waals surface area contributed by atoms with E-state index >= 15 is 0 Å². The van der Waals surface area contributed by atoms with Gasteiger partial charge >= 0.3 is 0 Å². The second-order valence-corrected chi connectivity index (χ2v) is 5.83. The van der Waals surface area contributed by atoms with E-state index in [2.05, 4.69) is 52.1 Å². The predicted octanol–water partition coefficient (Wildman–Crippen LogP) is 1.14. The molecule has 0 spiro atoms. The molecule has 1 aromatic rings. The first-order valence-electron chi connectivity index (χ1n) is 7.63. The number of para-hydroxylation sites is 1. The lowest BCUT2D eigenvalue weighted by Gasteiger charge is -2.43. The minimum absolute atomic E-state index is 0.613. The Morgan fingerprint density at radius 2 is 1.80 bits per heavy atom. The van der Waals surface area contributed by atoms with Gasteiger partial charge in [0.1, 0.15) is 0 Å². The summed E-state index contributed by atoms with van der Waals surface area (Å²) in [5, 5.41) is 0. The van der Waals surface area contributed by atoms with Crippen molar-refractivity contribution in [3.63, 3.8) is 0 Å². The monoisotopic (exact) mass is 275 g/mol. The van der Waals surface area contributed by atoms with Crippen LogP contribution < -0.4 is 4.90 Å². The van der Waals surface area contributed by atoms with Gasteiger partial charge in [-0.3, -0.25) is 9.80 Å². The molecule has 1 atom stereocenters. The molecule has 2 heterocycles. The Labute approximate surface area is 121 Å². The summed E-state index contributed by atoms with van der Waals surface area (Å²) in [4.78, 5) is 7.57. The zero-order valence-corrected chi connectivity index (χ0v) is 12.4. The van der Waals surface area contributed by atoms with Crippen LogP contribution in [0.25, 0.3) is 0 Å². The Balaban J connectivity index is 1.61. The molecule has 0 saturated carbocycles. The fourth-order valence-corrected chi connectivity index (χ4v) is 3.10. The number of likely N-dealkylation sites (N-methyl/N-ethyl adjacent to an activating group) is 1. The van der Waals surface area contributed by atoms with Gasteiger partial charge in [-0.05, 0) is 19.2 Å². The SMILES string of the molecule is CN1CCN(c2ccccc2)CC1CN1CCOCC1. The summed E-state index contributed by atoms with van der Waals surface area (Å²) in [6, 6.07) is 11.4. The Morgan fingerprint density at radius 1 is 1.05 bits per heavy atom. The van der Waals surface area contributed by atoms with Crippen LogP contribution in [-0.4, -0.2) is 75.4 Å². The molecule has 3 rings (SSSR count). The number of hydrogen-bond donors (Lipinski definition) is 0. The van der Waals surface area contributed by atoms with E-state index in [4.69, 9.17) is 4.74 Å². The van der Waals surface area contributed by atoms with Crippen molar-refractivity contribution in [1.29, 1.82) is 0 Å². The van der Waals surface area contributed by atoms with E-state index in [0.717, 1.165) is 52.5 Å². The third-order valence-corrected chi connectivity index (χ3v) is 4.47. The minimum atomic E-state index is 0.613. The number of nitrogens with zero attached hydrogens (tertiary/aromatic N) is 3. The van der Waals surface area contributed by atoms with Crippen LogP contribution in [0.15, 0.2) is 30.3 Å². The summed E-state index contributed by atoms with van der Waals surface area (Å²) >= 11 is 0.